The Morgan fingerprint density at radius 3 is 2.63 bits per heavy atom. The number of aliphatic hydroxyl groups excluding tert-OH is 1. The summed E-state index contributed by atoms with van der Waals surface area (Å²) >= 11 is 0. The lowest BCUT2D eigenvalue weighted by atomic mass is 10.2. The van der Waals surface area contributed by atoms with Crippen LogP contribution < -0.4 is 4.74 Å². The number of ether oxygens (including phenoxy) is 1. The lowest BCUT2D eigenvalue weighted by Crippen LogP contribution is -2.31. The van der Waals surface area contributed by atoms with Crippen molar-refractivity contribution in [1.82, 2.24) is 4.98 Å². The molecule has 0 saturated carbocycles. The van der Waals surface area contributed by atoms with Gasteiger partial charge < -0.3 is 9.84 Å². The maximum Gasteiger partial charge on any atom is 0.425 e. The molecule has 1 N–H and O–H groups in total. The molecule has 1 heterocycles. The van der Waals surface area contributed by atoms with Crippen molar-refractivity contribution < 1.29 is 23.0 Å². The normalized spacial score (nSPS) is 13.5. The first-order valence-corrected chi connectivity index (χ1v) is 5.64. The van der Waals surface area contributed by atoms with Crippen LogP contribution in [0.15, 0.2) is 30.3 Å². The van der Waals surface area contributed by atoms with Gasteiger partial charge in [-0.15, -0.1) is 0 Å². The van der Waals surface area contributed by atoms with Crippen LogP contribution in [-0.4, -0.2) is 22.4 Å². The number of fused-ring (bicyclic) bond motifs is 1. The van der Waals surface area contributed by atoms with Crippen molar-refractivity contribution in [3.05, 3.63) is 36.0 Å². The summed E-state index contributed by atoms with van der Waals surface area (Å²) in [5.41, 5.74) is 0.751. The molecule has 0 saturated heterocycles. The van der Waals surface area contributed by atoms with Gasteiger partial charge in [0.1, 0.15) is 5.75 Å². The quantitative estimate of drug-likeness (QED) is 0.933. The Hall–Kier alpha value is -1.82. The van der Waals surface area contributed by atoms with E-state index in [4.69, 9.17) is 9.84 Å². The summed E-state index contributed by atoms with van der Waals surface area (Å²) in [6.07, 6.45) is -6.37. The average Bonchev–Trinajstić information content (AvgIpc) is 2.37. The van der Waals surface area contributed by atoms with Crippen molar-refractivity contribution in [3.63, 3.8) is 0 Å². The fourth-order valence-corrected chi connectivity index (χ4v) is 1.63. The van der Waals surface area contributed by atoms with E-state index in [1.165, 1.54) is 6.07 Å². The summed E-state index contributed by atoms with van der Waals surface area (Å²) in [6, 6.07) is 8.01. The number of benzene rings is 1. The molecular formula is C13H12F3NO2. The molecule has 2 aromatic rings. The molecule has 3 nitrogen and oxygen atoms in total. The molecule has 1 aromatic carbocycles. The van der Waals surface area contributed by atoms with Crippen LogP contribution in [0, 0.1) is 0 Å². The summed E-state index contributed by atoms with van der Waals surface area (Å²) < 4.78 is 42.5. The number of para-hydroxylation sites is 1. The molecule has 19 heavy (non-hydrogen) atoms. The topological polar surface area (TPSA) is 42.4 Å². The zero-order valence-electron chi connectivity index (χ0n) is 10.1. The Morgan fingerprint density at radius 2 is 2.00 bits per heavy atom. The van der Waals surface area contributed by atoms with Crippen LogP contribution >= 0.6 is 0 Å². The lowest BCUT2D eigenvalue weighted by molar-refractivity contribution is -0.189. The van der Waals surface area contributed by atoms with E-state index in [-0.39, 0.29) is 18.1 Å². The molecule has 0 amide bonds. The molecule has 102 valence electrons. The van der Waals surface area contributed by atoms with Gasteiger partial charge in [-0.25, -0.2) is 0 Å². The first kappa shape index (κ1) is 13.6. The fraction of sp³-hybridized carbons (Fsp3) is 0.308. The van der Waals surface area contributed by atoms with Gasteiger partial charge in [0.05, 0.1) is 17.8 Å². The van der Waals surface area contributed by atoms with E-state index in [9.17, 15) is 13.2 Å². The molecule has 1 unspecified atom stereocenters. The number of hydrogen-bond donors (Lipinski definition) is 1. The number of aromatic nitrogens is 1. The SMILES string of the molecule is CC(Oc1cc(CO)nc2ccccc12)C(F)(F)F. The Labute approximate surface area is 107 Å². The molecule has 0 aliphatic heterocycles. The van der Waals surface area contributed by atoms with Crippen LogP contribution in [0.4, 0.5) is 13.2 Å². The highest BCUT2D eigenvalue weighted by Crippen LogP contribution is 2.30. The van der Waals surface area contributed by atoms with Crippen molar-refractivity contribution in [2.75, 3.05) is 0 Å². The van der Waals surface area contributed by atoms with Gasteiger partial charge in [0, 0.05) is 11.5 Å². The van der Waals surface area contributed by atoms with Gasteiger partial charge in [-0.1, -0.05) is 12.1 Å². The molecule has 0 bridgehead atoms. The van der Waals surface area contributed by atoms with Crippen molar-refractivity contribution in [3.8, 4) is 5.75 Å². The predicted molar refractivity (Wildman–Crippen MR) is 63.8 cm³/mol. The standard InChI is InChI=1S/C13H12F3NO2/c1-8(13(14,15)16)19-12-6-9(7-18)17-11-5-3-2-4-10(11)12/h2-6,8,18H,7H2,1H3. The highest BCUT2D eigenvalue weighted by atomic mass is 19.4. The molecular weight excluding hydrogens is 259 g/mol. The highest BCUT2D eigenvalue weighted by molar-refractivity contribution is 5.85. The minimum absolute atomic E-state index is 0.0690. The number of nitrogens with zero attached hydrogens (tertiary/aromatic N) is 1. The summed E-state index contributed by atoms with van der Waals surface area (Å²) in [6.45, 7) is 0.579. The summed E-state index contributed by atoms with van der Waals surface area (Å²) in [5.74, 6) is 0.0690. The van der Waals surface area contributed by atoms with E-state index in [0.29, 0.717) is 10.9 Å². The number of alkyl halides is 3. The molecule has 6 heteroatoms. The van der Waals surface area contributed by atoms with Crippen molar-refractivity contribution in [2.24, 2.45) is 0 Å². The Bertz CT molecular complexity index is 584. The van der Waals surface area contributed by atoms with Crippen LogP contribution in [-0.2, 0) is 6.61 Å². The van der Waals surface area contributed by atoms with Gasteiger partial charge in [0.2, 0.25) is 0 Å². The van der Waals surface area contributed by atoms with Gasteiger partial charge in [0.25, 0.3) is 0 Å². The number of hydrogen-bond acceptors (Lipinski definition) is 3. The van der Waals surface area contributed by atoms with Crippen molar-refractivity contribution in [1.29, 1.82) is 0 Å². The Kier molecular flexibility index (Phi) is 3.61. The van der Waals surface area contributed by atoms with Crippen LogP contribution in [0.25, 0.3) is 10.9 Å². The van der Waals surface area contributed by atoms with E-state index < -0.39 is 12.3 Å². The first-order chi connectivity index (χ1) is 8.91. The van der Waals surface area contributed by atoms with Crippen LogP contribution in [0.5, 0.6) is 5.75 Å². The van der Waals surface area contributed by atoms with Gasteiger partial charge in [0.15, 0.2) is 6.10 Å². The van der Waals surface area contributed by atoms with Gasteiger partial charge in [-0.05, 0) is 19.1 Å². The molecule has 0 aliphatic rings. The van der Waals surface area contributed by atoms with E-state index >= 15 is 0 Å². The third-order valence-electron chi connectivity index (χ3n) is 2.66. The zero-order valence-corrected chi connectivity index (χ0v) is 10.1. The second kappa shape index (κ2) is 5.05. The van der Waals surface area contributed by atoms with Crippen molar-refractivity contribution in [2.45, 2.75) is 25.8 Å². The molecule has 2 rings (SSSR count). The van der Waals surface area contributed by atoms with Crippen molar-refractivity contribution >= 4 is 10.9 Å². The van der Waals surface area contributed by atoms with E-state index in [1.54, 1.807) is 24.3 Å². The number of aliphatic hydroxyl groups is 1. The molecule has 0 radical (unpaired) electrons. The molecule has 1 aromatic heterocycles. The number of rotatable bonds is 3. The van der Waals surface area contributed by atoms with Gasteiger partial charge >= 0.3 is 6.18 Å². The Morgan fingerprint density at radius 1 is 1.32 bits per heavy atom. The largest absolute Gasteiger partial charge is 0.480 e. The summed E-state index contributed by atoms with van der Waals surface area (Å²) in [4.78, 5) is 4.11. The van der Waals surface area contributed by atoms with Crippen LogP contribution in [0.1, 0.15) is 12.6 Å². The summed E-state index contributed by atoms with van der Waals surface area (Å²) in [7, 11) is 0. The minimum atomic E-state index is -4.44. The smallest absolute Gasteiger partial charge is 0.425 e. The molecule has 0 aliphatic carbocycles. The number of halogens is 3. The van der Waals surface area contributed by atoms with E-state index in [1.807, 2.05) is 0 Å². The molecule has 1 atom stereocenters. The fourth-order valence-electron chi connectivity index (χ4n) is 1.63. The predicted octanol–water partition coefficient (Wildman–Crippen LogP) is 3.06. The van der Waals surface area contributed by atoms with Gasteiger partial charge in [-0.3, -0.25) is 4.98 Å². The van der Waals surface area contributed by atoms with E-state index in [0.717, 1.165) is 6.92 Å². The third-order valence-corrected chi connectivity index (χ3v) is 2.66. The maximum atomic E-state index is 12.5. The monoisotopic (exact) mass is 271 g/mol. The Balaban J connectivity index is 2.46. The van der Waals surface area contributed by atoms with Crippen LogP contribution in [0.3, 0.4) is 0 Å². The maximum absolute atomic E-state index is 12.5. The molecule has 0 spiro atoms. The highest BCUT2D eigenvalue weighted by Gasteiger charge is 2.38. The second-order valence-corrected chi connectivity index (χ2v) is 4.09. The number of pyridine rings is 1. The van der Waals surface area contributed by atoms with Crippen LogP contribution in [0.2, 0.25) is 0 Å². The second-order valence-electron chi connectivity index (χ2n) is 4.09. The molecule has 0 fully saturated rings. The zero-order chi connectivity index (χ0) is 14.0. The average molecular weight is 271 g/mol. The van der Waals surface area contributed by atoms with Gasteiger partial charge in [-0.2, -0.15) is 13.2 Å². The minimum Gasteiger partial charge on any atom is -0.480 e. The van der Waals surface area contributed by atoms with E-state index in [2.05, 4.69) is 4.98 Å². The lowest BCUT2D eigenvalue weighted by Gasteiger charge is -2.19. The summed E-state index contributed by atoms with van der Waals surface area (Å²) in [5, 5.41) is 9.56. The third kappa shape index (κ3) is 2.96. The first-order valence-electron chi connectivity index (χ1n) is 5.64.